The first-order valence-electron chi connectivity index (χ1n) is 5.93. The first-order valence-corrected chi connectivity index (χ1v) is 5.93. The molecule has 5 heteroatoms. The highest BCUT2D eigenvalue weighted by Gasteiger charge is 2.28. The van der Waals surface area contributed by atoms with Gasteiger partial charge in [-0.25, -0.2) is 0 Å². The number of amides is 1. The van der Waals surface area contributed by atoms with Crippen LogP contribution in [-0.2, 0) is 0 Å². The van der Waals surface area contributed by atoms with Crippen LogP contribution in [0.25, 0.3) is 0 Å². The minimum atomic E-state index is -0.237. The minimum absolute atomic E-state index is 0.0514. The highest BCUT2D eigenvalue weighted by Crippen LogP contribution is 2.10. The van der Waals surface area contributed by atoms with E-state index in [9.17, 15) is 9.59 Å². The molecule has 0 spiro atoms. The van der Waals surface area contributed by atoms with E-state index in [2.05, 4.69) is 10.3 Å². The van der Waals surface area contributed by atoms with Crippen LogP contribution in [0.5, 0.6) is 0 Å². The van der Waals surface area contributed by atoms with Gasteiger partial charge < -0.3 is 15.2 Å². The predicted molar refractivity (Wildman–Crippen MR) is 65.0 cm³/mol. The molecule has 2 N–H and O–H groups in total. The Morgan fingerprint density at radius 3 is 2.82 bits per heavy atom. The van der Waals surface area contributed by atoms with Crippen molar-refractivity contribution in [3.8, 4) is 0 Å². The number of aromatic nitrogens is 1. The summed E-state index contributed by atoms with van der Waals surface area (Å²) in [6, 6.07) is 3.27. The van der Waals surface area contributed by atoms with E-state index < -0.39 is 0 Å². The lowest BCUT2D eigenvalue weighted by Crippen LogP contribution is -2.59. The molecule has 0 unspecified atom stereocenters. The predicted octanol–water partition coefficient (Wildman–Crippen LogP) is 0.199. The highest BCUT2D eigenvalue weighted by molar-refractivity contribution is 5.94. The summed E-state index contributed by atoms with van der Waals surface area (Å²) in [7, 11) is 0. The zero-order valence-corrected chi connectivity index (χ0v) is 9.90. The van der Waals surface area contributed by atoms with E-state index in [4.69, 9.17) is 0 Å². The third-order valence-corrected chi connectivity index (χ3v) is 2.95. The van der Waals surface area contributed by atoms with Crippen molar-refractivity contribution in [1.82, 2.24) is 15.2 Å². The zero-order valence-electron chi connectivity index (χ0n) is 9.90. The molecule has 1 fully saturated rings. The van der Waals surface area contributed by atoms with Gasteiger partial charge in [-0.2, -0.15) is 0 Å². The summed E-state index contributed by atoms with van der Waals surface area (Å²) in [4.78, 5) is 27.8. The monoisotopic (exact) mass is 235 g/mol. The van der Waals surface area contributed by atoms with Gasteiger partial charge in [0.05, 0.1) is 6.04 Å². The van der Waals surface area contributed by atoms with E-state index in [0.717, 1.165) is 26.1 Å². The molecule has 1 aliphatic heterocycles. The third kappa shape index (κ3) is 2.55. The lowest BCUT2D eigenvalue weighted by atomic mass is 10.1. The topological polar surface area (TPSA) is 65.2 Å². The molecule has 0 bridgehead atoms. The average Bonchev–Trinajstić information content (AvgIpc) is 2.25. The minimum Gasteiger partial charge on any atom is -0.333 e. The van der Waals surface area contributed by atoms with Gasteiger partial charge in [0.1, 0.15) is 0 Å². The molecule has 0 aliphatic carbocycles. The van der Waals surface area contributed by atoms with Crippen molar-refractivity contribution in [3.05, 3.63) is 34.2 Å². The van der Waals surface area contributed by atoms with Crippen molar-refractivity contribution in [2.45, 2.75) is 19.4 Å². The van der Waals surface area contributed by atoms with Gasteiger partial charge in [0.2, 0.25) is 5.56 Å². The second-order valence-electron chi connectivity index (χ2n) is 4.25. The standard InChI is InChI=1S/C12H17N3O2/c1-2-5-15(10-7-13-8-10)12(17)9-3-4-14-11(16)6-9/h3-4,6,10,13H,2,5,7-8H2,1H3,(H,14,16). The van der Waals surface area contributed by atoms with Crippen molar-refractivity contribution in [2.24, 2.45) is 0 Å². The molecule has 92 valence electrons. The van der Waals surface area contributed by atoms with Crippen LogP contribution in [0.2, 0.25) is 0 Å². The molecule has 0 saturated carbocycles. The molecule has 0 radical (unpaired) electrons. The van der Waals surface area contributed by atoms with E-state index in [1.165, 1.54) is 12.3 Å². The largest absolute Gasteiger partial charge is 0.333 e. The Kier molecular flexibility index (Phi) is 3.58. The number of hydrogen-bond acceptors (Lipinski definition) is 3. The first-order chi connectivity index (χ1) is 8.22. The summed E-state index contributed by atoms with van der Waals surface area (Å²) in [5.74, 6) is -0.0514. The molecular formula is C12H17N3O2. The summed E-state index contributed by atoms with van der Waals surface area (Å²) < 4.78 is 0. The van der Waals surface area contributed by atoms with Crippen LogP contribution in [0.15, 0.2) is 23.1 Å². The summed E-state index contributed by atoms with van der Waals surface area (Å²) >= 11 is 0. The van der Waals surface area contributed by atoms with Gasteiger partial charge in [-0.1, -0.05) is 6.92 Å². The van der Waals surface area contributed by atoms with Crippen molar-refractivity contribution in [2.75, 3.05) is 19.6 Å². The van der Waals surface area contributed by atoms with Crippen LogP contribution in [0, 0.1) is 0 Å². The molecular weight excluding hydrogens is 218 g/mol. The summed E-state index contributed by atoms with van der Waals surface area (Å²) in [5, 5.41) is 3.16. The van der Waals surface area contributed by atoms with E-state index in [0.29, 0.717) is 5.56 Å². The molecule has 2 heterocycles. The molecule has 5 nitrogen and oxygen atoms in total. The van der Waals surface area contributed by atoms with E-state index in [1.807, 2.05) is 11.8 Å². The normalized spacial score (nSPS) is 15.4. The van der Waals surface area contributed by atoms with Gasteiger partial charge in [0, 0.05) is 37.5 Å². The van der Waals surface area contributed by atoms with Gasteiger partial charge in [-0.15, -0.1) is 0 Å². The third-order valence-electron chi connectivity index (χ3n) is 2.95. The number of H-pyrrole nitrogens is 1. The summed E-state index contributed by atoms with van der Waals surface area (Å²) in [6.07, 6.45) is 2.43. The number of carbonyl (C=O) groups excluding carboxylic acids is 1. The Morgan fingerprint density at radius 2 is 2.29 bits per heavy atom. The Labute approximate surface area is 99.8 Å². The van der Waals surface area contributed by atoms with E-state index in [-0.39, 0.29) is 17.5 Å². The van der Waals surface area contributed by atoms with Crippen LogP contribution in [0.4, 0.5) is 0 Å². The molecule has 1 aliphatic rings. The number of carbonyl (C=O) groups is 1. The maximum absolute atomic E-state index is 12.3. The van der Waals surface area contributed by atoms with Crippen LogP contribution < -0.4 is 10.9 Å². The number of nitrogens with one attached hydrogen (secondary N) is 2. The van der Waals surface area contributed by atoms with Gasteiger partial charge in [0.15, 0.2) is 0 Å². The summed E-state index contributed by atoms with van der Waals surface area (Å²) in [6.45, 7) is 4.46. The van der Waals surface area contributed by atoms with Crippen molar-refractivity contribution >= 4 is 5.91 Å². The maximum atomic E-state index is 12.3. The fraction of sp³-hybridized carbons (Fsp3) is 0.500. The maximum Gasteiger partial charge on any atom is 0.254 e. The Hall–Kier alpha value is -1.62. The second-order valence-corrected chi connectivity index (χ2v) is 4.25. The SMILES string of the molecule is CCCN(C(=O)c1cc[nH]c(=O)c1)C1CNC1. The highest BCUT2D eigenvalue weighted by atomic mass is 16.2. The van der Waals surface area contributed by atoms with E-state index in [1.54, 1.807) is 6.07 Å². The van der Waals surface area contributed by atoms with Gasteiger partial charge in [-0.05, 0) is 12.5 Å². The van der Waals surface area contributed by atoms with Crippen LogP contribution >= 0.6 is 0 Å². The number of aromatic amines is 1. The average molecular weight is 235 g/mol. The number of rotatable bonds is 4. The van der Waals surface area contributed by atoms with Gasteiger partial charge in [-0.3, -0.25) is 9.59 Å². The molecule has 0 aromatic carbocycles. The van der Waals surface area contributed by atoms with E-state index >= 15 is 0 Å². The summed E-state index contributed by atoms with van der Waals surface area (Å²) in [5.41, 5.74) is 0.230. The van der Waals surface area contributed by atoms with Crippen molar-refractivity contribution in [1.29, 1.82) is 0 Å². The molecule has 1 aromatic heterocycles. The van der Waals surface area contributed by atoms with Crippen LogP contribution in [0.1, 0.15) is 23.7 Å². The fourth-order valence-corrected chi connectivity index (χ4v) is 1.93. The van der Waals surface area contributed by atoms with Gasteiger partial charge >= 0.3 is 0 Å². The molecule has 1 saturated heterocycles. The molecule has 17 heavy (non-hydrogen) atoms. The quantitative estimate of drug-likeness (QED) is 0.783. The van der Waals surface area contributed by atoms with Crippen molar-refractivity contribution in [3.63, 3.8) is 0 Å². The Morgan fingerprint density at radius 1 is 1.53 bits per heavy atom. The van der Waals surface area contributed by atoms with Gasteiger partial charge in [0.25, 0.3) is 5.91 Å². The molecule has 2 rings (SSSR count). The zero-order chi connectivity index (χ0) is 12.3. The Balaban J connectivity index is 2.18. The molecule has 1 amide bonds. The van der Waals surface area contributed by atoms with Crippen molar-refractivity contribution < 1.29 is 4.79 Å². The number of nitrogens with zero attached hydrogens (tertiary/aromatic N) is 1. The lowest BCUT2D eigenvalue weighted by Gasteiger charge is -2.38. The molecule has 0 atom stereocenters. The molecule has 1 aromatic rings. The Bertz CT molecular complexity index is 451. The van der Waals surface area contributed by atoms with Crippen LogP contribution in [0.3, 0.4) is 0 Å². The smallest absolute Gasteiger partial charge is 0.254 e. The first kappa shape index (κ1) is 11.9. The lowest BCUT2D eigenvalue weighted by molar-refractivity contribution is 0.0615. The fourth-order valence-electron chi connectivity index (χ4n) is 1.93. The number of hydrogen-bond donors (Lipinski definition) is 2. The van der Waals surface area contributed by atoms with Crippen LogP contribution in [-0.4, -0.2) is 41.5 Å². The second kappa shape index (κ2) is 5.14. The number of pyridine rings is 1.